The maximum atomic E-state index is 14.4. The summed E-state index contributed by atoms with van der Waals surface area (Å²) in [5, 5.41) is 3.42. The van der Waals surface area contributed by atoms with Crippen molar-refractivity contribution in [3.63, 3.8) is 0 Å². The van der Waals surface area contributed by atoms with E-state index in [4.69, 9.17) is 11.6 Å². The van der Waals surface area contributed by atoms with E-state index in [0.29, 0.717) is 27.7 Å². The van der Waals surface area contributed by atoms with Crippen molar-refractivity contribution in [3.8, 4) is 11.3 Å². The van der Waals surface area contributed by atoms with Crippen LogP contribution in [0.25, 0.3) is 22.0 Å². The zero-order chi connectivity index (χ0) is 31.6. The average molecular weight is 618 g/mol. The van der Waals surface area contributed by atoms with Gasteiger partial charge in [0, 0.05) is 50.0 Å². The molecule has 0 aliphatic heterocycles. The van der Waals surface area contributed by atoms with Gasteiger partial charge in [-0.1, -0.05) is 11.6 Å². The Morgan fingerprint density at radius 3 is 2.21 bits per heavy atom. The summed E-state index contributed by atoms with van der Waals surface area (Å²) in [4.78, 5) is 31.9. The molecule has 224 valence electrons. The van der Waals surface area contributed by atoms with Crippen LogP contribution in [0.15, 0.2) is 77.0 Å². The fourth-order valence-electron chi connectivity index (χ4n) is 4.44. The zero-order valence-electron chi connectivity index (χ0n) is 23.3. The summed E-state index contributed by atoms with van der Waals surface area (Å²) in [6, 6.07) is 7.09. The summed E-state index contributed by atoms with van der Waals surface area (Å²) in [6.07, 6.45) is 1.24. The number of anilines is 1. The van der Waals surface area contributed by atoms with Crippen LogP contribution in [0.5, 0.6) is 0 Å². The Bertz CT molecular complexity index is 1920. The van der Waals surface area contributed by atoms with Crippen LogP contribution in [0.2, 0.25) is 5.02 Å². The highest BCUT2D eigenvalue weighted by atomic mass is 35.5. The smallest absolute Gasteiger partial charge is 0.378 e. The average Bonchev–Trinajstić information content (AvgIpc) is 2.97. The van der Waals surface area contributed by atoms with Crippen molar-refractivity contribution in [2.45, 2.75) is 26.1 Å². The molecule has 0 aliphatic carbocycles. The second-order valence-corrected chi connectivity index (χ2v) is 10.1. The van der Waals surface area contributed by atoms with Crippen LogP contribution in [0.1, 0.15) is 29.7 Å². The van der Waals surface area contributed by atoms with Gasteiger partial charge in [-0.15, -0.1) is 0 Å². The summed E-state index contributed by atoms with van der Waals surface area (Å²) in [6.45, 7) is 3.34. The molecule has 2 aromatic carbocycles. The fourth-order valence-corrected chi connectivity index (χ4v) is 4.64. The van der Waals surface area contributed by atoms with E-state index in [1.807, 2.05) is 13.0 Å². The molecule has 0 saturated heterocycles. The summed E-state index contributed by atoms with van der Waals surface area (Å²) in [7, 11) is 3.19. The van der Waals surface area contributed by atoms with Crippen molar-refractivity contribution in [2.75, 3.05) is 5.32 Å². The predicted octanol–water partition coefficient (Wildman–Crippen LogP) is 6.81. The van der Waals surface area contributed by atoms with Crippen LogP contribution < -0.4 is 16.4 Å². The van der Waals surface area contributed by atoms with E-state index in [9.17, 15) is 31.5 Å². The number of hydrogen-bond acceptors (Lipinski definition) is 5. The Kier molecular flexibility index (Phi) is 9.00. The number of aryl methyl sites for hydroxylation is 2. The van der Waals surface area contributed by atoms with Gasteiger partial charge >= 0.3 is 6.18 Å². The summed E-state index contributed by atoms with van der Waals surface area (Å²) in [5.74, 6) is -1.75. The molecule has 0 amide bonds. The first kappa shape index (κ1) is 31.4. The van der Waals surface area contributed by atoms with E-state index >= 15 is 0 Å². The molecule has 3 heterocycles. The first-order valence-electron chi connectivity index (χ1n) is 12.7. The first-order valence-corrected chi connectivity index (χ1v) is 13.1. The summed E-state index contributed by atoms with van der Waals surface area (Å²) < 4.78 is 70.9. The zero-order valence-corrected chi connectivity index (χ0v) is 24.1. The molecule has 1 atom stereocenters. The SMILES string of the molecule is C[C@@H](Nc1ccc(F)cc1C(F)(F)F)c1cc(F)cc2c(=O)n(C)c(-c3cncnc3)cc12.Cc1ccn(C)c(=O)c1Cl. The third-order valence-corrected chi connectivity index (χ3v) is 7.20. The van der Waals surface area contributed by atoms with Gasteiger partial charge in [0.05, 0.1) is 16.6 Å². The molecular formula is C30H25ClF5N5O2. The topological polar surface area (TPSA) is 81.8 Å². The first-order chi connectivity index (χ1) is 20.2. The van der Waals surface area contributed by atoms with Gasteiger partial charge < -0.3 is 14.5 Å². The van der Waals surface area contributed by atoms with Gasteiger partial charge in [-0.2, -0.15) is 13.2 Å². The van der Waals surface area contributed by atoms with Crippen molar-refractivity contribution in [3.05, 3.63) is 121 Å². The number of aromatic nitrogens is 4. The number of alkyl halides is 3. The van der Waals surface area contributed by atoms with E-state index in [-0.39, 0.29) is 22.2 Å². The molecule has 0 radical (unpaired) electrons. The van der Waals surface area contributed by atoms with E-state index in [0.717, 1.165) is 29.8 Å². The molecular weight excluding hydrogens is 593 g/mol. The lowest BCUT2D eigenvalue weighted by molar-refractivity contribution is -0.137. The van der Waals surface area contributed by atoms with E-state index in [1.54, 1.807) is 19.3 Å². The van der Waals surface area contributed by atoms with Crippen LogP contribution in [-0.4, -0.2) is 19.1 Å². The molecule has 1 N–H and O–H groups in total. The minimum atomic E-state index is -4.80. The molecule has 0 fully saturated rings. The number of pyridine rings is 2. The lowest BCUT2D eigenvalue weighted by atomic mass is 9.98. The highest BCUT2D eigenvalue weighted by molar-refractivity contribution is 6.31. The summed E-state index contributed by atoms with van der Waals surface area (Å²) in [5.41, 5.74) is -0.108. The van der Waals surface area contributed by atoms with Gasteiger partial charge in [-0.25, -0.2) is 18.7 Å². The van der Waals surface area contributed by atoms with Crippen molar-refractivity contribution in [2.24, 2.45) is 14.1 Å². The quantitative estimate of drug-likeness (QED) is 0.224. The second kappa shape index (κ2) is 12.3. The largest absolute Gasteiger partial charge is 0.418 e. The minimum absolute atomic E-state index is 0.0666. The van der Waals surface area contributed by atoms with Crippen LogP contribution >= 0.6 is 11.6 Å². The Morgan fingerprint density at radius 1 is 0.907 bits per heavy atom. The maximum absolute atomic E-state index is 14.4. The highest BCUT2D eigenvalue weighted by Crippen LogP contribution is 2.37. The van der Waals surface area contributed by atoms with Crippen LogP contribution in [0, 0.1) is 18.6 Å². The van der Waals surface area contributed by atoms with Crippen molar-refractivity contribution < 1.29 is 22.0 Å². The number of halogens is 6. The van der Waals surface area contributed by atoms with E-state index in [2.05, 4.69) is 15.3 Å². The fraction of sp³-hybridized carbons (Fsp3) is 0.200. The molecule has 0 saturated carbocycles. The van der Waals surface area contributed by atoms with Gasteiger partial charge in [-0.3, -0.25) is 9.59 Å². The van der Waals surface area contributed by atoms with Crippen molar-refractivity contribution >= 4 is 28.1 Å². The Labute approximate surface area is 247 Å². The molecule has 43 heavy (non-hydrogen) atoms. The van der Waals surface area contributed by atoms with Crippen LogP contribution in [0.4, 0.5) is 27.6 Å². The van der Waals surface area contributed by atoms with Gasteiger partial charge in [-0.05, 0) is 72.8 Å². The number of rotatable bonds is 4. The molecule has 0 spiro atoms. The third kappa shape index (κ3) is 6.75. The van der Waals surface area contributed by atoms with Crippen molar-refractivity contribution in [1.82, 2.24) is 19.1 Å². The molecule has 0 aliphatic rings. The summed E-state index contributed by atoms with van der Waals surface area (Å²) >= 11 is 5.65. The van der Waals surface area contributed by atoms with Gasteiger partial charge in [0.25, 0.3) is 11.1 Å². The molecule has 5 rings (SSSR count). The molecule has 0 unspecified atom stereocenters. The molecule has 3 aromatic heterocycles. The maximum Gasteiger partial charge on any atom is 0.418 e. The monoisotopic (exact) mass is 617 g/mol. The number of hydrogen-bond donors (Lipinski definition) is 1. The van der Waals surface area contributed by atoms with Crippen molar-refractivity contribution in [1.29, 1.82) is 0 Å². The van der Waals surface area contributed by atoms with Crippen LogP contribution in [-0.2, 0) is 20.3 Å². The molecule has 13 heteroatoms. The van der Waals surface area contributed by atoms with Gasteiger partial charge in [0.2, 0.25) is 0 Å². The number of nitrogens with one attached hydrogen (secondary N) is 1. The highest BCUT2D eigenvalue weighted by Gasteiger charge is 2.34. The van der Waals surface area contributed by atoms with Gasteiger partial charge in [0.15, 0.2) is 0 Å². The predicted molar refractivity (Wildman–Crippen MR) is 155 cm³/mol. The normalized spacial score (nSPS) is 12.0. The second-order valence-electron chi connectivity index (χ2n) is 9.76. The van der Waals surface area contributed by atoms with E-state index < -0.39 is 35.0 Å². The number of benzene rings is 2. The third-order valence-electron chi connectivity index (χ3n) is 6.74. The molecule has 7 nitrogen and oxygen atoms in total. The Hall–Kier alpha value is -4.58. The Morgan fingerprint density at radius 2 is 1.58 bits per heavy atom. The molecule has 5 aromatic rings. The van der Waals surface area contributed by atoms with Crippen LogP contribution in [0.3, 0.4) is 0 Å². The Balaban J connectivity index is 0.000000359. The number of fused-ring (bicyclic) bond motifs is 1. The number of nitrogens with zero attached hydrogens (tertiary/aromatic N) is 4. The lowest BCUT2D eigenvalue weighted by Crippen LogP contribution is -2.20. The lowest BCUT2D eigenvalue weighted by Gasteiger charge is -2.22. The minimum Gasteiger partial charge on any atom is -0.378 e. The molecule has 0 bridgehead atoms. The standard InChI is InChI=1S/C23H17F5N4O.C7H8ClNO/c1-12(31-20-4-3-14(24)7-19(20)23(26,27)28)16-5-15(25)6-18-17(16)8-21(32(2)22(18)33)13-9-29-11-30-10-13;1-5-3-4-9(2)7(10)6(5)8/h3-12,31H,1-2H3;3-4H,1-2H3/t12-;/m1./s1. The van der Waals surface area contributed by atoms with E-state index in [1.165, 1.54) is 41.8 Å². The van der Waals surface area contributed by atoms with Gasteiger partial charge in [0.1, 0.15) is 23.0 Å².